The van der Waals surface area contributed by atoms with E-state index in [1.807, 2.05) is 0 Å². The molecule has 1 fully saturated rings. The maximum atomic E-state index is 3.51. The quantitative estimate of drug-likeness (QED) is 0.608. The molecule has 2 nitrogen and oxygen atoms in total. The predicted octanol–water partition coefficient (Wildman–Crippen LogP) is 1.86. The minimum atomic E-state index is 1.18. The summed E-state index contributed by atoms with van der Waals surface area (Å²) >= 11 is 0. The first-order valence-corrected chi connectivity index (χ1v) is 5.86. The Morgan fingerprint density at radius 1 is 1.08 bits per heavy atom. The zero-order valence-electron chi connectivity index (χ0n) is 9.02. The number of unbranched alkanes of at least 4 members (excludes halogenated alkanes) is 2. The van der Waals surface area contributed by atoms with E-state index in [9.17, 15) is 0 Å². The van der Waals surface area contributed by atoms with Crippen molar-refractivity contribution in [3.05, 3.63) is 0 Å². The van der Waals surface area contributed by atoms with Crippen molar-refractivity contribution in [3.8, 4) is 0 Å². The van der Waals surface area contributed by atoms with Crippen LogP contribution >= 0.6 is 0 Å². The molecule has 0 bridgehead atoms. The van der Waals surface area contributed by atoms with Crippen molar-refractivity contribution in [2.45, 2.75) is 39.0 Å². The number of hydrogen-bond donors (Lipinski definition) is 1. The summed E-state index contributed by atoms with van der Waals surface area (Å²) in [6.45, 7) is 8.56. The van der Waals surface area contributed by atoms with Crippen LogP contribution in [0.4, 0.5) is 0 Å². The van der Waals surface area contributed by atoms with E-state index >= 15 is 0 Å². The second kappa shape index (κ2) is 7.34. The van der Waals surface area contributed by atoms with Crippen LogP contribution in [0, 0.1) is 0 Å². The van der Waals surface area contributed by atoms with Gasteiger partial charge in [-0.25, -0.2) is 0 Å². The average molecular weight is 184 g/mol. The lowest BCUT2D eigenvalue weighted by Crippen LogP contribution is -2.30. The summed E-state index contributed by atoms with van der Waals surface area (Å²) in [5, 5.41) is 3.51. The van der Waals surface area contributed by atoms with Gasteiger partial charge in [0.05, 0.1) is 0 Å². The maximum Gasteiger partial charge on any atom is 0.0107 e. The van der Waals surface area contributed by atoms with Crippen LogP contribution in [-0.4, -0.2) is 37.6 Å². The lowest BCUT2D eigenvalue weighted by atomic mass is 10.2. The molecule has 0 aromatic rings. The van der Waals surface area contributed by atoms with Crippen LogP contribution in [0.3, 0.4) is 0 Å². The highest BCUT2D eigenvalue weighted by Crippen LogP contribution is 2.05. The molecule has 0 saturated carbocycles. The van der Waals surface area contributed by atoms with Gasteiger partial charge in [0.15, 0.2) is 0 Å². The van der Waals surface area contributed by atoms with Crippen LogP contribution in [0.25, 0.3) is 0 Å². The van der Waals surface area contributed by atoms with Crippen molar-refractivity contribution in [2.24, 2.45) is 0 Å². The molecule has 0 spiro atoms. The third-order valence-electron chi connectivity index (χ3n) is 2.76. The first-order chi connectivity index (χ1) is 6.43. The van der Waals surface area contributed by atoms with Gasteiger partial charge in [-0.2, -0.15) is 0 Å². The van der Waals surface area contributed by atoms with Crippen LogP contribution < -0.4 is 5.32 Å². The van der Waals surface area contributed by atoms with Crippen LogP contribution in [0.5, 0.6) is 0 Å². The fraction of sp³-hybridized carbons (Fsp3) is 1.00. The van der Waals surface area contributed by atoms with E-state index in [0.29, 0.717) is 0 Å². The van der Waals surface area contributed by atoms with Gasteiger partial charge in [0, 0.05) is 13.1 Å². The monoisotopic (exact) mass is 184 g/mol. The van der Waals surface area contributed by atoms with Gasteiger partial charge in [-0.1, -0.05) is 19.8 Å². The number of hydrogen-bond acceptors (Lipinski definition) is 2. The van der Waals surface area contributed by atoms with Gasteiger partial charge in [-0.3, -0.25) is 0 Å². The summed E-state index contributed by atoms with van der Waals surface area (Å²) < 4.78 is 0. The van der Waals surface area contributed by atoms with Gasteiger partial charge in [-0.05, 0) is 38.9 Å². The molecule has 2 heteroatoms. The van der Waals surface area contributed by atoms with E-state index in [-0.39, 0.29) is 0 Å². The summed E-state index contributed by atoms with van der Waals surface area (Å²) in [7, 11) is 0. The van der Waals surface area contributed by atoms with Gasteiger partial charge < -0.3 is 10.2 Å². The number of nitrogens with one attached hydrogen (secondary N) is 1. The molecule has 0 aromatic heterocycles. The van der Waals surface area contributed by atoms with Gasteiger partial charge >= 0.3 is 0 Å². The van der Waals surface area contributed by atoms with Crippen molar-refractivity contribution in [1.29, 1.82) is 0 Å². The average Bonchev–Trinajstić information content (AvgIpc) is 2.63. The normalized spacial score (nSPS) is 18.2. The molecule has 1 aliphatic heterocycles. The Balaban J connectivity index is 1.78. The summed E-state index contributed by atoms with van der Waals surface area (Å²) in [6, 6.07) is 0. The molecule has 1 rings (SSSR count). The molecular formula is C11H24N2. The standard InChI is InChI=1S/C11H24N2/c1-2-3-4-7-12-8-11-13-9-5-6-10-13/h12H,2-11H2,1H3. The first-order valence-electron chi connectivity index (χ1n) is 5.86. The molecule has 0 atom stereocenters. The van der Waals surface area contributed by atoms with E-state index in [1.165, 1.54) is 64.8 Å². The summed E-state index contributed by atoms with van der Waals surface area (Å²) in [6.07, 6.45) is 6.87. The van der Waals surface area contributed by atoms with Gasteiger partial charge in [0.2, 0.25) is 0 Å². The molecule has 1 saturated heterocycles. The number of rotatable bonds is 7. The zero-order chi connectivity index (χ0) is 9.36. The number of nitrogens with zero attached hydrogens (tertiary/aromatic N) is 1. The Morgan fingerprint density at radius 3 is 2.54 bits per heavy atom. The third-order valence-corrected chi connectivity index (χ3v) is 2.76. The lowest BCUT2D eigenvalue weighted by Gasteiger charge is -2.14. The van der Waals surface area contributed by atoms with Gasteiger partial charge in [-0.15, -0.1) is 0 Å². The highest BCUT2D eigenvalue weighted by molar-refractivity contribution is 4.66. The molecule has 0 unspecified atom stereocenters. The molecule has 1 aliphatic rings. The molecule has 0 radical (unpaired) electrons. The molecule has 1 heterocycles. The summed E-state index contributed by atoms with van der Waals surface area (Å²) in [5.74, 6) is 0. The fourth-order valence-corrected chi connectivity index (χ4v) is 1.87. The van der Waals surface area contributed by atoms with Crippen molar-refractivity contribution in [1.82, 2.24) is 10.2 Å². The molecule has 0 amide bonds. The zero-order valence-corrected chi connectivity index (χ0v) is 9.02. The smallest absolute Gasteiger partial charge is 0.0107 e. The first kappa shape index (κ1) is 11.0. The van der Waals surface area contributed by atoms with E-state index in [1.54, 1.807) is 0 Å². The Bertz CT molecular complexity index is 109. The highest BCUT2D eigenvalue weighted by Gasteiger charge is 2.09. The predicted molar refractivity (Wildman–Crippen MR) is 58.1 cm³/mol. The molecular weight excluding hydrogens is 160 g/mol. The largest absolute Gasteiger partial charge is 0.315 e. The van der Waals surface area contributed by atoms with Crippen LogP contribution in [0.1, 0.15) is 39.0 Å². The summed E-state index contributed by atoms with van der Waals surface area (Å²) in [5.41, 5.74) is 0. The maximum absolute atomic E-state index is 3.51. The Labute approximate surface area is 82.7 Å². The van der Waals surface area contributed by atoms with E-state index in [2.05, 4.69) is 17.1 Å². The van der Waals surface area contributed by atoms with Crippen LogP contribution in [0.2, 0.25) is 0 Å². The highest BCUT2D eigenvalue weighted by atomic mass is 15.1. The Kier molecular flexibility index (Phi) is 6.21. The van der Waals surface area contributed by atoms with Crippen molar-refractivity contribution in [2.75, 3.05) is 32.7 Å². The van der Waals surface area contributed by atoms with Crippen molar-refractivity contribution >= 4 is 0 Å². The molecule has 0 aliphatic carbocycles. The topological polar surface area (TPSA) is 15.3 Å². The Morgan fingerprint density at radius 2 is 1.85 bits per heavy atom. The van der Waals surface area contributed by atoms with E-state index < -0.39 is 0 Å². The second-order valence-electron chi connectivity index (χ2n) is 4.01. The molecule has 78 valence electrons. The van der Waals surface area contributed by atoms with E-state index in [0.717, 1.165) is 0 Å². The minimum absolute atomic E-state index is 1.18. The third kappa shape index (κ3) is 5.27. The molecule has 13 heavy (non-hydrogen) atoms. The SMILES string of the molecule is CCCCCNCCN1CCCC1. The van der Waals surface area contributed by atoms with Gasteiger partial charge in [0.25, 0.3) is 0 Å². The van der Waals surface area contributed by atoms with E-state index in [4.69, 9.17) is 0 Å². The van der Waals surface area contributed by atoms with Crippen LogP contribution in [0.15, 0.2) is 0 Å². The van der Waals surface area contributed by atoms with Crippen molar-refractivity contribution < 1.29 is 0 Å². The summed E-state index contributed by atoms with van der Waals surface area (Å²) in [4.78, 5) is 2.56. The molecule has 1 N–H and O–H groups in total. The second-order valence-corrected chi connectivity index (χ2v) is 4.01. The molecule has 0 aromatic carbocycles. The lowest BCUT2D eigenvalue weighted by molar-refractivity contribution is 0.335. The minimum Gasteiger partial charge on any atom is -0.315 e. The Hall–Kier alpha value is -0.0800. The fourth-order valence-electron chi connectivity index (χ4n) is 1.87. The van der Waals surface area contributed by atoms with Crippen LogP contribution in [-0.2, 0) is 0 Å². The number of likely N-dealkylation sites (tertiary alicyclic amines) is 1. The van der Waals surface area contributed by atoms with Crippen molar-refractivity contribution in [3.63, 3.8) is 0 Å². The van der Waals surface area contributed by atoms with Gasteiger partial charge in [0.1, 0.15) is 0 Å².